The predicted molar refractivity (Wildman–Crippen MR) is 45.7 cm³/mol. The van der Waals surface area contributed by atoms with Gasteiger partial charge >= 0.3 is 5.97 Å². The molecule has 1 atom stereocenters. The Hall–Kier alpha value is -1.49. The minimum Gasteiger partial charge on any atom is -0.480 e. The first-order valence-electron chi connectivity index (χ1n) is 4.38. The zero-order chi connectivity index (χ0) is 11.4. The van der Waals surface area contributed by atoms with Crippen molar-refractivity contribution in [2.75, 3.05) is 0 Å². The molecule has 0 heterocycles. The monoisotopic (exact) mass is 203 g/mol. The summed E-state index contributed by atoms with van der Waals surface area (Å²) in [6.07, 6.45) is -0.145. The molecule has 0 radical (unpaired) electrons. The van der Waals surface area contributed by atoms with Gasteiger partial charge in [0.25, 0.3) is 0 Å². The zero-order valence-electron chi connectivity index (χ0n) is 8.13. The van der Waals surface area contributed by atoms with Crippen LogP contribution in [0.3, 0.4) is 0 Å². The van der Waals surface area contributed by atoms with Gasteiger partial charge in [0.05, 0.1) is 0 Å². The van der Waals surface area contributed by atoms with Crippen LogP contribution in [0.5, 0.6) is 0 Å². The van der Waals surface area contributed by atoms with Crippen molar-refractivity contribution in [3.05, 3.63) is 35.4 Å². The fourth-order valence-corrected chi connectivity index (χ4v) is 1.05. The quantitative estimate of drug-likeness (QED) is 0.764. The molecule has 0 aliphatic heterocycles. The molecule has 0 bridgehead atoms. The number of nitrogens with two attached hydrogens (primary N) is 1. The summed E-state index contributed by atoms with van der Waals surface area (Å²) in [4.78, 5) is 10.5. The summed E-state index contributed by atoms with van der Waals surface area (Å²) >= 11 is 0. The molecule has 3 nitrogen and oxygen atoms in total. The molecule has 1 aromatic carbocycles. The van der Waals surface area contributed by atoms with Gasteiger partial charge in [-0.05, 0) is 24.1 Å². The van der Waals surface area contributed by atoms with Crippen LogP contribution in [0.1, 0.15) is 5.56 Å². The highest BCUT2D eigenvalue weighted by Crippen LogP contribution is 2.09. The molecule has 3 N–H and O–H groups in total. The Morgan fingerprint density at radius 2 is 2.07 bits per heavy atom. The smallest absolute Gasteiger partial charge is 0.320 e. The van der Waals surface area contributed by atoms with Gasteiger partial charge in [0.1, 0.15) is 19.1 Å². The minimum atomic E-state index is -1.24. The molecule has 0 unspecified atom stereocenters. The second-order valence-corrected chi connectivity index (χ2v) is 2.87. The van der Waals surface area contributed by atoms with Crippen molar-refractivity contribution < 1.29 is 20.1 Å². The summed E-state index contributed by atoms with van der Waals surface area (Å²) in [5.74, 6) is -2.77. The third-order valence-corrected chi connectivity index (χ3v) is 1.66. The number of carbonyl (C=O) groups is 1. The third-order valence-electron chi connectivity index (χ3n) is 1.66. The van der Waals surface area contributed by atoms with E-state index in [0.29, 0.717) is 6.07 Å². The van der Waals surface area contributed by atoms with E-state index in [-0.39, 0.29) is 12.0 Å². The number of halogens is 2. The van der Waals surface area contributed by atoms with Crippen molar-refractivity contribution in [2.24, 2.45) is 5.73 Å². The summed E-state index contributed by atoms with van der Waals surface area (Å²) in [5, 5.41) is 8.60. The number of carboxylic acids is 1. The number of carboxylic acid groups (broad SMARTS) is 1. The molecule has 14 heavy (non-hydrogen) atoms. The van der Waals surface area contributed by atoms with E-state index in [1.807, 2.05) is 0 Å². The molecule has 1 rings (SSSR count). The standard InChI is InChI=1S/C9H9F2NO2/c10-6-1-5(2-7(11)4-6)3-8(12)9(13)14/h1-2,4,8H,3,12H2,(H,13,14)/t8-/m0/s1/i/hT. The highest BCUT2D eigenvalue weighted by molar-refractivity contribution is 5.73. The lowest BCUT2D eigenvalue weighted by molar-refractivity contribution is -0.138. The average Bonchev–Trinajstić information content (AvgIpc) is 2.12. The van der Waals surface area contributed by atoms with Gasteiger partial charge in [-0.25, -0.2) is 8.78 Å². The van der Waals surface area contributed by atoms with Crippen LogP contribution >= 0.6 is 0 Å². The minimum absolute atomic E-state index is 0.145. The molecular formula is C9H9F2NO2. The average molecular weight is 203 g/mol. The van der Waals surface area contributed by atoms with Gasteiger partial charge in [-0.1, -0.05) is 0 Å². The summed E-state index contributed by atoms with van der Waals surface area (Å²) in [6.45, 7) is 0. The summed E-state index contributed by atoms with van der Waals surface area (Å²) < 4.78 is 32.2. The van der Waals surface area contributed by atoms with Crippen LogP contribution in [0.2, 0.25) is 1.41 Å². The molecule has 0 fully saturated rings. The molecule has 0 aliphatic carbocycles. The highest BCUT2D eigenvalue weighted by Gasteiger charge is 2.13. The zero-order valence-corrected chi connectivity index (χ0v) is 7.13. The van der Waals surface area contributed by atoms with Gasteiger partial charge in [-0.3, -0.25) is 4.79 Å². The van der Waals surface area contributed by atoms with Gasteiger partial charge in [-0.15, -0.1) is 0 Å². The Labute approximate surface area is 80.6 Å². The normalized spacial score (nSPS) is 13.4. The van der Waals surface area contributed by atoms with Crippen molar-refractivity contribution in [3.63, 3.8) is 0 Å². The van der Waals surface area contributed by atoms with Crippen molar-refractivity contribution in [1.29, 1.82) is 0 Å². The van der Waals surface area contributed by atoms with Crippen LogP contribution in [-0.4, -0.2) is 17.1 Å². The topological polar surface area (TPSA) is 63.3 Å². The van der Waals surface area contributed by atoms with Crippen molar-refractivity contribution in [2.45, 2.75) is 12.5 Å². The summed E-state index contributed by atoms with van der Waals surface area (Å²) in [5.41, 5.74) is 1.99. The lowest BCUT2D eigenvalue weighted by Crippen LogP contribution is -2.32. The second kappa shape index (κ2) is 4.15. The molecule has 1 aromatic rings. The lowest BCUT2D eigenvalue weighted by Gasteiger charge is -2.06. The molecule has 0 aliphatic rings. The Kier molecular flexibility index (Phi) is 2.69. The Morgan fingerprint density at radius 3 is 2.50 bits per heavy atom. The van der Waals surface area contributed by atoms with Crippen LogP contribution in [-0.2, 0) is 11.2 Å². The summed E-state index contributed by atoms with van der Waals surface area (Å²) in [7, 11) is 0. The van der Waals surface area contributed by atoms with Gasteiger partial charge in [0.2, 0.25) is 0 Å². The lowest BCUT2D eigenvalue weighted by atomic mass is 10.1. The largest absolute Gasteiger partial charge is 0.480 e. The van der Waals surface area contributed by atoms with Crippen molar-refractivity contribution in [1.82, 2.24) is 0 Å². The number of benzene rings is 1. The first-order valence-corrected chi connectivity index (χ1v) is 3.88. The number of rotatable bonds is 4. The first-order chi connectivity index (χ1) is 7.02. The van der Waals surface area contributed by atoms with Gasteiger partial charge in [-0.2, -0.15) is 0 Å². The molecule has 0 amide bonds. The van der Waals surface area contributed by atoms with E-state index >= 15 is 0 Å². The van der Waals surface area contributed by atoms with Gasteiger partial charge in [0, 0.05) is 6.07 Å². The number of hydrogen-bond donors (Lipinski definition) is 2. The van der Waals surface area contributed by atoms with Crippen LogP contribution in [0.15, 0.2) is 18.2 Å². The fourth-order valence-electron chi connectivity index (χ4n) is 1.05. The first kappa shape index (κ1) is 9.08. The van der Waals surface area contributed by atoms with Gasteiger partial charge in [0.15, 0.2) is 0 Å². The molecule has 0 aromatic heterocycles. The molecule has 76 valence electrons. The van der Waals surface area contributed by atoms with Crippen molar-refractivity contribution in [3.8, 4) is 0 Å². The Morgan fingerprint density at radius 1 is 1.50 bits per heavy atom. The van der Waals surface area contributed by atoms with Crippen LogP contribution < -0.4 is 5.73 Å². The Balaban J connectivity index is 2.83. The van der Waals surface area contributed by atoms with E-state index < -0.39 is 23.6 Å². The van der Waals surface area contributed by atoms with Crippen LogP contribution in [0.25, 0.3) is 0 Å². The predicted octanol–water partition coefficient (Wildman–Crippen LogP) is 0.919. The maximum Gasteiger partial charge on any atom is 0.320 e. The molecule has 0 saturated heterocycles. The van der Waals surface area contributed by atoms with E-state index in [9.17, 15) is 13.6 Å². The molecule has 0 saturated carbocycles. The second-order valence-electron chi connectivity index (χ2n) is 2.87. The maximum absolute atomic E-state index is 12.7. The third kappa shape index (κ3) is 2.77. The van der Waals surface area contributed by atoms with E-state index in [2.05, 4.69) is 0 Å². The van der Waals surface area contributed by atoms with Crippen molar-refractivity contribution >= 4 is 5.97 Å². The van der Waals surface area contributed by atoms with Crippen LogP contribution in [0.4, 0.5) is 8.78 Å². The molecule has 0 spiro atoms. The fraction of sp³-hybridized carbons (Fsp3) is 0.222. The van der Waals surface area contributed by atoms with Crippen LogP contribution in [0, 0.1) is 11.6 Å². The van der Waals surface area contributed by atoms with Gasteiger partial charge < -0.3 is 10.8 Å². The number of aliphatic carboxylic acids is 1. The summed E-state index contributed by atoms with van der Waals surface area (Å²) in [6, 6.07) is 1.60. The molecular weight excluding hydrogens is 192 g/mol. The Bertz CT molecular complexity index is 353. The van der Waals surface area contributed by atoms with E-state index in [0.717, 1.165) is 12.1 Å². The van der Waals surface area contributed by atoms with E-state index in [1.54, 1.807) is 5.73 Å². The van der Waals surface area contributed by atoms with E-state index in [1.165, 1.54) is 0 Å². The SMILES string of the molecule is [3H]N[C@@H](Cc1cc(F)cc(F)c1)C(=O)O. The van der Waals surface area contributed by atoms with E-state index in [4.69, 9.17) is 6.52 Å². The maximum atomic E-state index is 12.7. The number of hydrogen-bond acceptors (Lipinski definition) is 2. The molecule has 5 heteroatoms. The highest BCUT2D eigenvalue weighted by atomic mass is 19.1.